The molecule has 1 aromatic rings. The lowest BCUT2D eigenvalue weighted by Gasteiger charge is -2.15. The Labute approximate surface area is 108 Å². The molecule has 3 N–H and O–H groups in total. The van der Waals surface area contributed by atoms with Gasteiger partial charge in [-0.25, -0.2) is 20.4 Å². The molecule has 1 rings (SSSR count). The summed E-state index contributed by atoms with van der Waals surface area (Å²) in [6, 6.07) is 8.50. The summed E-state index contributed by atoms with van der Waals surface area (Å²) in [4.78, 5) is 7.48. The molecule has 0 aliphatic heterocycles. The van der Waals surface area contributed by atoms with Crippen molar-refractivity contribution in [2.75, 3.05) is 46.1 Å². The average Bonchev–Trinajstić information content (AvgIpc) is 2.31. The minimum Gasteiger partial charge on any atom is -0.320 e. The molecule has 18 heavy (non-hydrogen) atoms. The van der Waals surface area contributed by atoms with Gasteiger partial charge in [0.15, 0.2) is 0 Å². The highest BCUT2D eigenvalue weighted by atomic mass is 16.7. The SMILES string of the molecule is CNNc1ccccc1NOC(N(C)C)=[N+](C)C. The number of benzene rings is 1. The van der Waals surface area contributed by atoms with E-state index in [2.05, 4.69) is 16.3 Å². The predicted molar refractivity (Wildman–Crippen MR) is 74.6 cm³/mol. The third kappa shape index (κ3) is 3.81. The smallest absolute Gasteiger partial charge is 0.320 e. The fourth-order valence-corrected chi connectivity index (χ4v) is 1.50. The lowest BCUT2D eigenvalue weighted by molar-refractivity contribution is -0.480. The van der Waals surface area contributed by atoms with Gasteiger partial charge in [0.2, 0.25) is 0 Å². The zero-order valence-electron chi connectivity index (χ0n) is 11.6. The molecular formula is C12H22N5O+. The third-order valence-corrected chi connectivity index (χ3v) is 2.20. The van der Waals surface area contributed by atoms with Crippen LogP contribution in [0, 0.1) is 0 Å². The van der Waals surface area contributed by atoms with Crippen LogP contribution >= 0.6 is 0 Å². The second-order valence-corrected chi connectivity index (χ2v) is 4.20. The summed E-state index contributed by atoms with van der Waals surface area (Å²) in [6.07, 6.45) is 0. The fourth-order valence-electron chi connectivity index (χ4n) is 1.50. The van der Waals surface area contributed by atoms with E-state index in [1.165, 1.54) is 0 Å². The van der Waals surface area contributed by atoms with Crippen LogP contribution in [0.2, 0.25) is 0 Å². The molecule has 1 aromatic carbocycles. The first-order chi connectivity index (χ1) is 8.56. The van der Waals surface area contributed by atoms with Crippen LogP contribution in [0.3, 0.4) is 0 Å². The van der Waals surface area contributed by atoms with Crippen molar-refractivity contribution in [3.05, 3.63) is 24.3 Å². The molecule has 0 saturated heterocycles. The zero-order valence-corrected chi connectivity index (χ0v) is 11.6. The summed E-state index contributed by atoms with van der Waals surface area (Å²) in [6.45, 7) is 0. The van der Waals surface area contributed by atoms with E-state index in [9.17, 15) is 0 Å². The minimum atomic E-state index is 0.717. The molecule has 0 heterocycles. The zero-order chi connectivity index (χ0) is 13.5. The highest BCUT2D eigenvalue weighted by Crippen LogP contribution is 2.19. The Bertz CT molecular complexity index is 413. The Morgan fingerprint density at radius 1 is 1.17 bits per heavy atom. The predicted octanol–water partition coefficient (Wildman–Crippen LogP) is 0.766. The molecule has 0 spiro atoms. The number of nitrogens with zero attached hydrogens (tertiary/aromatic N) is 2. The van der Waals surface area contributed by atoms with Crippen LogP contribution in [0.4, 0.5) is 11.4 Å². The summed E-state index contributed by atoms with van der Waals surface area (Å²) in [5, 5.41) is 0. The number of hydrogen-bond acceptors (Lipinski definition) is 4. The van der Waals surface area contributed by atoms with Crippen molar-refractivity contribution >= 4 is 17.4 Å². The Kier molecular flexibility index (Phi) is 5.26. The summed E-state index contributed by atoms with van der Waals surface area (Å²) in [7, 11) is 9.52. The Morgan fingerprint density at radius 2 is 1.78 bits per heavy atom. The highest BCUT2D eigenvalue weighted by Gasteiger charge is 2.14. The van der Waals surface area contributed by atoms with Crippen LogP contribution in [0.25, 0.3) is 0 Å². The van der Waals surface area contributed by atoms with E-state index in [1.807, 2.05) is 69.0 Å². The van der Waals surface area contributed by atoms with Gasteiger partial charge in [-0.2, -0.15) is 0 Å². The Morgan fingerprint density at radius 3 is 2.28 bits per heavy atom. The largest absolute Gasteiger partial charge is 0.470 e. The maximum absolute atomic E-state index is 5.59. The van der Waals surface area contributed by atoms with Crippen LogP contribution in [0.5, 0.6) is 0 Å². The molecular weight excluding hydrogens is 230 g/mol. The standard InChI is InChI=1S/C12H22N5O/c1-13-14-10-8-6-7-9-11(10)15-18-12(16(2)3)17(4)5/h6-9,13-15H,1-5H3/q+1. The summed E-state index contributed by atoms with van der Waals surface area (Å²) < 4.78 is 1.89. The minimum absolute atomic E-state index is 0.717. The van der Waals surface area contributed by atoms with Gasteiger partial charge in [-0.3, -0.25) is 0 Å². The Balaban J connectivity index is 2.77. The van der Waals surface area contributed by atoms with E-state index in [0.29, 0.717) is 6.02 Å². The molecule has 0 saturated carbocycles. The van der Waals surface area contributed by atoms with Gasteiger partial charge >= 0.3 is 6.02 Å². The molecule has 0 radical (unpaired) electrons. The van der Waals surface area contributed by atoms with Crippen LogP contribution in [-0.4, -0.2) is 50.7 Å². The van der Waals surface area contributed by atoms with Gasteiger partial charge < -0.3 is 10.3 Å². The first-order valence-electron chi connectivity index (χ1n) is 5.72. The van der Waals surface area contributed by atoms with E-state index >= 15 is 0 Å². The van der Waals surface area contributed by atoms with Gasteiger partial charge in [-0.1, -0.05) is 12.1 Å². The normalized spacial score (nSPS) is 9.61. The maximum atomic E-state index is 5.59. The van der Waals surface area contributed by atoms with Crippen molar-refractivity contribution in [1.82, 2.24) is 10.3 Å². The number of amidine groups is 1. The first kappa shape index (κ1) is 14.1. The number of hydrogen-bond donors (Lipinski definition) is 3. The molecule has 0 atom stereocenters. The molecule has 0 bridgehead atoms. The highest BCUT2D eigenvalue weighted by molar-refractivity contribution is 5.72. The second-order valence-electron chi connectivity index (χ2n) is 4.20. The Hall–Kier alpha value is -1.95. The second kappa shape index (κ2) is 6.70. The monoisotopic (exact) mass is 252 g/mol. The van der Waals surface area contributed by atoms with Crippen LogP contribution in [0.1, 0.15) is 0 Å². The molecule has 0 aliphatic carbocycles. The van der Waals surface area contributed by atoms with Crippen molar-refractivity contribution in [3.63, 3.8) is 0 Å². The van der Waals surface area contributed by atoms with Crippen LogP contribution < -0.4 is 16.3 Å². The van der Waals surface area contributed by atoms with Crippen LogP contribution in [0.15, 0.2) is 24.3 Å². The van der Waals surface area contributed by atoms with Gasteiger partial charge in [0.25, 0.3) is 0 Å². The van der Waals surface area contributed by atoms with E-state index in [0.717, 1.165) is 11.4 Å². The molecule has 0 unspecified atom stereocenters. The van der Waals surface area contributed by atoms with Gasteiger partial charge in [-0.05, 0) is 12.1 Å². The number of para-hydroxylation sites is 2. The molecule has 0 fully saturated rings. The van der Waals surface area contributed by atoms with Gasteiger partial charge in [0.1, 0.15) is 0 Å². The van der Waals surface area contributed by atoms with Crippen molar-refractivity contribution in [2.24, 2.45) is 0 Å². The van der Waals surface area contributed by atoms with Crippen molar-refractivity contribution < 1.29 is 9.41 Å². The van der Waals surface area contributed by atoms with Crippen molar-refractivity contribution in [2.45, 2.75) is 0 Å². The molecule has 6 heteroatoms. The topological polar surface area (TPSA) is 51.6 Å². The van der Waals surface area contributed by atoms with Crippen molar-refractivity contribution in [1.29, 1.82) is 0 Å². The molecule has 0 amide bonds. The number of hydrazine groups is 1. The summed E-state index contributed by atoms with van der Waals surface area (Å²) in [5.74, 6) is 0. The van der Waals surface area contributed by atoms with Gasteiger partial charge in [-0.15, -0.1) is 0 Å². The maximum Gasteiger partial charge on any atom is 0.470 e. The van der Waals surface area contributed by atoms with Gasteiger partial charge in [0.05, 0.1) is 39.6 Å². The quantitative estimate of drug-likeness (QED) is 0.320. The molecule has 6 nitrogen and oxygen atoms in total. The number of rotatable bonds is 4. The number of anilines is 2. The molecule has 0 aliphatic rings. The third-order valence-electron chi connectivity index (χ3n) is 2.20. The van der Waals surface area contributed by atoms with Crippen molar-refractivity contribution in [3.8, 4) is 0 Å². The summed E-state index contributed by atoms with van der Waals surface area (Å²) >= 11 is 0. The lowest BCUT2D eigenvalue weighted by atomic mass is 10.3. The van der Waals surface area contributed by atoms with E-state index in [4.69, 9.17) is 4.84 Å². The van der Waals surface area contributed by atoms with E-state index in [1.54, 1.807) is 0 Å². The number of nitrogens with one attached hydrogen (secondary N) is 3. The summed E-state index contributed by atoms with van der Waals surface area (Å²) in [5.41, 5.74) is 10.6. The molecule has 0 aromatic heterocycles. The van der Waals surface area contributed by atoms with E-state index in [-0.39, 0.29) is 0 Å². The molecule has 100 valence electrons. The average molecular weight is 252 g/mol. The van der Waals surface area contributed by atoms with Crippen LogP contribution in [-0.2, 0) is 4.84 Å². The fraction of sp³-hybridized carbons (Fsp3) is 0.417. The first-order valence-corrected chi connectivity index (χ1v) is 5.72. The van der Waals surface area contributed by atoms with E-state index < -0.39 is 0 Å². The lowest BCUT2D eigenvalue weighted by Crippen LogP contribution is -2.34. The van der Waals surface area contributed by atoms with Gasteiger partial charge in [0, 0.05) is 7.05 Å².